The number of anilines is 1. The van der Waals surface area contributed by atoms with Crippen LogP contribution in [0.5, 0.6) is 5.75 Å². The van der Waals surface area contributed by atoms with E-state index in [-0.39, 0.29) is 109 Å². The summed E-state index contributed by atoms with van der Waals surface area (Å²) in [4.78, 5) is 90.5. The molecule has 28 heteroatoms. The number of unbranched alkanes of at least 4 members (excludes halogenated alkanes) is 1. The van der Waals surface area contributed by atoms with E-state index in [1.165, 1.54) is 47.3 Å². The zero-order valence-corrected chi connectivity index (χ0v) is 45.7. The number of aromatic nitrogens is 4. The third-order valence-corrected chi connectivity index (χ3v) is 15.4. The van der Waals surface area contributed by atoms with Gasteiger partial charge in [-0.15, -0.1) is 0 Å². The van der Waals surface area contributed by atoms with Crippen LogP contribution in [-0.4, -0.2) is 153 Å². The Morgan fingerprint density at radius 1 is 0.976 bits per heavy atom. The fraction of sp³-hybridized carbons (Fsp3) is 0.436. The first-order valence-corrected chi connectivity index (χ1v) is 28.2. The van der Waals surface area contributed by atoms with Crippen molar-refractivity contribution in [1.29, 1.82) is 0 Å². The quantitative estimate of drug-likeness (QED) is 0.0230. The predicted molar refractivity (Wildman–Crippen MR) is 284 cm³/mol. The molecular weight excluding hydrogens is 1110 g/mol. The number of alkyl carbamates (subject to hydrolysis) is 1. The molecule has 1 saturated heterocycles. The monoisotopic (exact) mass is 1170 g/mol. The molecule has 3 aromatic heterocycles. The molecule has 26 nitrogen and oxygen atoms in total. The predicted octanol–water partition coefficient (Wildman–Crippen LogP) is 1.22. The molecule has 1 fully saturated rings. The standard InChI is InChI=1S/C55H58FN7O19S/c1-4-55(74)33-19-38-44-31(23-63(38)49(69)32(33)25-79-52(55)72)43-35(12-11-30-27(2)34(56)20-37(61-44)42(30)43)62-54(73)80-24-28-10-13-39(81-51-47(68)45(66)46(67)48(82-51)50(70)71)36(18-28)60-41(65)26-78-17-16-77-15-14-57-40(64)9-7-5-6-8-29-21-58-53(59-22-29)83(3,75)76/h10,13,18-22,35,45-48,51,66-68,74H,4-5,7,9,11-12,14-17,23-26H2,1-3H3,(H,57,64)(H,60,65)(H,62,73)(H,70,71)/t35-,45-,46-,47+,48-,51+,55-/m0/s1. The van der Waals surface area contributed by atoms with Gasteiger partial charge in [0, 0.05) is 60.6 Å². The van der Waals surface area contributed by atoms with E-state index in [4.69, 9.17) is 33.4 Å². The SMILES string of the molecule is CC[C@@]1(O)C(=O)OCc2c1cc1n(c2=O)Cc2c-1nc1cc(F)c(C)c3c1c2[C@@H](NC(=O)OCc1ccc(O[C@@H]2O[C@H](C(=O)O)[C@@H](O)[C@H](O)[C@H]2O)c(NC(=O)COCCOCCNC(=O)CCCC#Cc2cnc(S(C)(=O)=O)nc2)c1)CC3. The van der Waals surface area contributed by atoms with E-state index < -0.39 is 101 Å². The number of aliphatic hydroxyl groups excluding tert-OH is 3. The van der Waals surface area contributed by atoms with Crippen molar-refractivity contribution in [2.75, 3.05) is 44.5 Å². The maximum absolute atomic E-state index is 15.5. The Hall–Kier alpha value is -8.01. The lowest BCUT2D eigenvalue weighted by molar-refractivity contribution is -0.271. The van der Waals surface area contributed by atoms with Crippen molar-refractivity contribution in [2.24, 2.45) is 0 Å². The Morgan fingerprint density at radius 3 is 2.47 bits per heavy atom. The second kappa shape index (κ2) is 24.8. The summed E-state index contributed by atoms with van der Waals surface area (Å²) in [6.45, 7) is 2.21. The fourth-order valence-corrected chi connectivity index (χ4v) is 10.7. The number of rotatable bonds is 20. The van der Waals surface area contributed by atoms with Gasteiger partial charge < -0.3 is 74.5 Å². The summed E-state index contributed by atoms with van der Waals surface area (Å²) < 4.78 is 73.0. The minimum absolute atomic E-state index is 0.00515. The number of pyridine rings is 2. The number of esters is 1. The van der Waals surface area contributed by atoms with E-state index in [1.807, 2.05) is 0 Å². The molecule has 4 aliphatic rings. The van der Waals surface area contributed by atoms with Crippen molar-refractivity contribution in [2.45, 2.75) is 120 Å². The fourth-order valence-electron chi connectivity index (χ4n) is 10.2. The molecule has 83 heavy (non-hydrogen) atoms. The maximum atomic E-state index is 15.5. The average molecular weight is 1170 g/mol. The van der Waals surface area contributed by atoms with Gasteiger partial charge in [-0.2, -0.15) is 0 Å². The van der Waals surface area contributed by atoms with Crippen LogP contribution in [0.2, 0.25) is 0 Å². The van der Waals surface area contributed by atoms with Gasteiger partial charge in [0.05, 0.1) is 66.1 Å². The molecule has 0 unspecified atom stereocenters. The molecule has 5 aromatic rings. The van der Waals surface area contributed by atoms with E-state index >= 15 is 4.39 Å². The lowest BCUT2D eigenvalue weighted by atomic mass is 9.81. The van der Waals surface area contributed by atoms with Gasteiger partial charge >= 0.3 is 18.0 Å². The Balaban J connectivity index is 0.825. The number of hydrogen-bond acceptors (Lipinski definition) is 21. The summed E-state index contributed by atoms with van der Waals surface area (Å²) in [5.74, 6) is 1.45. The second-order valence-corrected chi connectivity index (χ2v) is 22.0. The zero-order valence-electron chi connectivity index (χ0n) is 44.9. The molecule has 8 N–H and O–H groups in total. The van der Waals surface area contributed by atoms with Gasteiger partial charge in [0.1, 0.15) is 49.7 Å². The van der Waals surface area contributed by atoms with Crippen LogP contribution in [0.3, 0.4) is 0 Å². The molecule has 3 aliphatic heterocycles. The summed E-state index contributed by atoms with van der Waals surface area (Å²) in [6, 6.07) is 6.12. The van der Waals surface area contributed by atoms with Crippen molar-refractivity contribution in [3.63, 3.8) is 0 Å². The highest BCUT2D eigenvalue weighted by Gasteiger charge is 2.49. The number of benzene rings is 2. The average Bonchev–Trinajstić information content (AvgIpc) is 1.87. The first-order chi connectivity index (χ1) is 39.6. The first kappa shape index (κ1) is 59.6. The lowest BCUT2D eigenvalue weighted by Crippen LogP contribution is -2.61. The zero-order chi connectivity index (χ0) is 59.5. The van der Waals surface area contributed by atoms with E-state index in [0.717, 1.165) is 6.26 Å². The molecule has 2 aromatic carbocycles. The summed E-state index contributed by atoms with van der Waals surface area (Å²) in [6.07, 6.45) is -5.59. The van der Waals surface area contributed by atoms with Gasteiger partial charge in [-0.05, 0) is 73.1 Å². The summed E-state index contributed by atoms with van der Waals surface area (Å²) >= 11 is 0. The third kappa shape index (κ3) is 12.7. The number of carbonyl (C=O) groups excluding carboxylic acids is 4. The van der Waals surface area contributed by atoms with Crippen molar-refractivity contribution in [1.82, 2.24) is 30.2 Å². The van der Waals surface area contributed by atoms with Crippen molar-refractivity contribution in [3.05, 3.63) is 103 Å². The number of aliphatic carboxylic acids is 1. The number of hydrogen-bond donors (Lipinski definition) is 8. The number of sulfone groups is 1. The van der Waals surface area contributed by atoms with Crippen LogP contribution in [-0.2, 0) is 84.5 Å². The van der Waals surface area contributed by atoms with Crippen molar-refractivity contribution >= 4 is 56.3 Å². The first-order valence-electron chi connectivity index (χ1n) is 26.3. The molecule has 0 saturated carbocycles. The molecule has 1 aliphatic carbocycles. The highest BCUT2D eigenvalue weighted by Crippen LogP contribution is 2.46. The van der Waals surface area contributed by atoms with Gasteiger partial charge in [-0.1, -0.05) is 24.8 Å². The molecule has 6 heterocycles. The number of fused-ring (bicyclic) bond motifs is 5. The van der Waals surface area contributed by atoms with E-state index in [1.54, 1.807) is 13.8 Å². The highest BCUT2D eigenvalue weighted by atomic mass is 32.2. The Labute approximate surface area is 472 Å². The Bertz CT molecular complexity index is 3650. The summed E-state index contributed by atoms with van der Waals surface area (Å²) in [5, 5.41) is 60.9. The van der Waals surface area contributed by atoms with Crippen molar-refractivity contribution < 1.29 is 90.7 Å². The van der Waals surface area contributed by atoms with Gasteiger partial charge in [0.2, 0.25) is 33.1 Å². The Kier molecular flexibility index (Phi) is 17.8. The number of nitrogens with one attached hydrogen (secondary N) is 3. The van der Waals surface area contributed by atoms with Crippen LogP contribution in [0.25, 0.3) is 22.3 Å². The number of halogens is 1. The van der Waals surface area contributed by atoms with E-state index in [9.17, 15) is 62.7 Å². The second-order valence-electron chi connectivity index (χ2n) is 20.1. The molecular formula is C55H58FN7O19S. The number of carbonyl (C=O) groups is 5. The molecule has 0 spiro atoms. The molecule has 0 radical (unpaired) electrons. The largest absolute Gasteiger partial charge is 0.479 e. The van der Waals surface area contributed by atoms with Gasteiger partial charge in [-0.25, -0.2) is 42.1 Å². The van der Waals surface area contributed by atoms with Crippen LogP contribution in [0, 0.1) is 24.6 Å². The topological polar surface area (TPSA) is 373 Å². The Morgan fingerprint density at radius 2 is 1.73 bits per heavy atom. The maximum Gasteiger partial charge on any atom is 0.407 e. The number of nitrogens with zero attached hydrogens (tertiary/aromatic N) is 4. The van der Waals surface area contributed by atoms with Crippen LogP contribution < -0.4 is 26.2 Å². The smallest absolute Gasteiger partial charge is 0.407 e. The van der Waals surface area contributed by atoms with Crippen LogP contribution in [0.15, 0.2) is 52.7 Å². The number of carboxylic acids is 1. The summed E-state index contributed by atoms with van der Waals surface area (Å²) in [7, 11) is -3.53. The van der Waals surface area contributed by atoms with E-state index in [0.29, 0.717) is 58.2 Å². The molecule has 3 amide bonds. The highest BCUT2D eigenvalue weighted by molar-refractivity contribution is 7.90. The van der Waals surface area contributed by atoms with Gasteiger partial charge in [0.15, 0.2) is 11.7 Å². The molecule has 7 atom stereocenters. The normalized spacial score (nSPS) is 21.3. The molecule has 9 rings (SSSR count). The number of carboxylic acid groups (broad SMARTS) is 1. The van der Waals surface area contributed by atoms with Crippen LogP contribution >= 0.6 is 0 Å². The minimum atomic E-state index is -3.53. The minimum Gasteiger partial charge on any atom is -0.479 e. The van der Waals surface area contributed by atoms with Crippen LogP contribution in [0.4, 0.5) is 14.9 Å². The number of aryl methyl sites for hydroxylation is 1. The number of cyclic esters (lactones) is 1. The van der Waals surface area contributed by atoms with Crippen LogP contribution in [0.1, 0.15) is 89.6 Å². The molecule has 0 bridgehead atoms. The van der Waals surface area contributed by atoms with Crippen molar-refractivity contribution in [3.8, 4) is 29.0 Å². The molecule has 440 valence electrons. The number of aliphatic hydroxyl groups is 4. The van der Waals surface area contributed by atoms with E-state index in [2.05, 4.69) is 37.8 Å². The van der Waals surface area contributed by atoms with Gasteiger partial charge in [0.25, 0.3) is 5.56 Å². The lowest BCUT2D eigenvalue weighted by Gasteiger charge is -2.38. The number of amides is 3. The third-order valence-electron chi connectivity index (χ3n) is 14.5. The summed E-state index contributed by atoms with van der Waals surface area (Å²) in [5.41, 5.74) is 1.25. The van der Waals surface area contributed by atoms with Gasteiger partial charge in [-0.3, -0.25) is 14.4 Å². The number of ether oxygens (including phenoxy) is 6.